The Morgan fingerprint density at radius 1 is 1.50 bits per heavy atom. The summed E-state index contributed by atoms with van der Waals surface area (Å²) in [5.41, 5.74) is 0. The smallest absolute Gasteiger partial charge is 0.147 e. The molecule has 0 saturated carbocycles. The summed E-state index contributed by atoms with van der Waals surface area (Å²) in [6, 6.07) is 0.641. The number of hydrogen-bond acceptors (Lipinski definition) is 4. The summed E-state index contributed by atoms with van der Waals surface area (Å²) in [6.45, 7) is 8.21. The molecule has 0 spiro atoms. The van der Waals surface area contributed by atoms with Gasteiger partial charge in [0.1, 0.15) is 11.6 Å². The van der Waals surface area contributed by atoms with Gasteiger partial charge in [-0.05, 0) is 33.9 Å². The summed E-state index contributed by atoms with van der Waals surface area (Å²) in [6.07, 6.45) is 1.23. The van der Waals surface area contributed by atoms with E-state index in [1.54, 1.807) is 0 Å². The van der Waals surface area contributed by atoms with Crippen LogP contribution in [0.5, 0.6) is 0 Å². The van der Waals surface area contributed by atoms with Crippen molar-refractivity contribution in [3.63, 3.8) is 0 Å². The van der Waals surface area contributed by atoms with Gasteiger partial charge in [0.15, 0.2) is 0 Å². The van der Waals surface area contributed by atoms with Crippen molar-refractivity contribution >= 4 is 0 Å². The van der Waals surface area contributed by atoms with Crippen molar-refractivity contribution < 1.29 is 0 Å². The lowest BCUT2D eigenvalue weighted by atomic mass is 10.2. The van der Waals surface area contributed by atoms with Crippen molar-refractivity contribution in [2.45, 2.75) is 39.4 Å². The van der Waals surface area contributed by atoms with Crippen LogP contribution in [0.15, 0.2) is 0 Å². The minimum Gasteiger partial charge on any atom is -0.315 e. The van der Waals surface area contributed by atoms with Gasteiger partial charge < -0.3 is 9.88 Å². The van der Waals surface area contributed by atoms with Crippen molar-refractivity contribution in [1.29, 1.82) is 0 Å². The molecule has 0 aliphatic carbocycles. The maximum Gasteiger partial charge on any atom is 0.147 e. The Labute approximate surface area is 96.8 Å². The van der Waals surface area contributed by atoms with E-state index in [1.807, 2.05) is 6.92 Å². The van der Waals surface area contributed by atoms with E-state index in [1.165, 1.54) is 6.42 Å². The van der Waals surface area contributed by atoms with Crippen molar-refractivity contribution in [2.24, 2.45) is 0 Å². The molecule has 0 aromatic carbocycles. The highest BCUT2D eigenvalue weighted by Gasteiger charge is 2.20. The van der Waals surface area contributed by atoms with Crippen molar-refractivity contribution in [2.75, 3.05) is 20.1 Å². The molecular weight excluding hydrogens is 202 g/mol. The maximum atomic E-state index is 4.25. The van der Waals surface area contributed by atoms with Gasteiger partial charge in [-0.15, -0.1) is 10.2 Å². The molecule has 2 rings (SSSR count). The monoisotopic (exact) mass is 223 g/mol. The number of aromatic nitrogens is 3. The molecule has 1 fully saturated rings. The van der Waals surface area contributed by atoms with Crippen LogP contribution in [0.25, 0.3) is 0 Å². The Kier molecular flexibility index (Phi) is 3.56. The largest absolute Gasteiger partial charge is 0.315 e. The topological polar surface area (TPSA) is 46.0 Å². The van der Waals surface area contributed by atoms with Crippen LogP contribution < -0.4 is 5.32 Å². The predicted molar refractivity (Wildman–Crippen MR) is 63.2 cm³/mol. The van der Waals surface area contributed by atoms with Crippen molar-refractivity contribution in [3.8, 4) is 0 Å². The second-order valence-corrected chi connectivity index (χ2v) is 4.47. The van der Waals surface area contributed by atoms with E-state index in [0.29, 0.717) is 6.04 Å². The summed E-state index contributed by atoms with van der Waals surface area (Å²) < 4.78 is 2.18. The Bertz CT molecular complexity index is 340. The van der Waals surface area contributed by atoms with Gasteiger partial charge in [-0.3, -0.25) is 4.90 Å². The molecule has 1 atom stereocenters. The molecule has 1 N–H and O–H groups in total. The first-order chi connectivity index (χ1) is 7.72. The Hall–Kier alpha value is -0.940. The third kappa shape index (κ3) is 2.25. The molecule has 5 heteroatoms. The Morgan fingerprint density at radius 3 is 2.94 bits per heavy atom. The van der Waals surface area contributed by atoms with Crippen LogP contribution in [0, 0.1) is 6.92 Å². The molecule has 5 nitrogen and oxygen atoms in total. The average molecular weight is 223 g/mol. The van der Waals surface area contributed by atoms with Crippen LogP contribution in [0.2, 0.25) is 0 Å². The second kappa shape index (κ2) is 4.93. The van der Waals surface area contributed by atoms with E-state index in [-0.39, 0.29) is 0 Å². The third-order valence-electron chi connectivity index (χ3n) is 3.38. The third-order valence-corrected chi connectivity index (χ3v) is 3.38. The quantitative estimate of drug-likeness (QED) is 0.802. The predicted octanol–water partition coefficient (Wildman–Crippen LogP) is 0.400. The fraction of sp³-hybridized carbons (Fsp3) is 0.818. The average Bonchev–Trinajstić information content (AvgIpc) is 2.88. The molecule has 0 bridgehead atoms. The van der Waals surface area contributed by atoms with Crippen LogP contribution in [-0.2, 0) is 13.1 Å². The lowest BCUT2D eigenvalue weighted by Crippen LogP contribution is -2.33. The summed E-state index contributed by atoms with van der Waals surface area (Å²) in [5.74, 6) is 2.09. The molecule has 1 aliphatic heterocycles. The van der Waals surface area contributed by atoms with Gasteiger partial charge in [-0.1, -0.05) is 0 Å². The van der Waals surface area contributed by atoms with E-state index >= 15 is 0 Å². The Balaban J connectivity index is 2.02. The van der Waals surface area contributed by atoms with Gasteiger partial charge >= 0.3 is 0 Å². The van der Waals surface area contributed by atoms with E-state index in [4.69, 9.17) is 0 Å². The minimum atomic E-state index is 0.641. The van der Waals surface area contributed by atoms with Crippen LogP contribution in [0.1, 0.15) is 25.0 Å². The van der Waals surface area contributed by atoms with E-state index in [0.717, 1.165) is 37.8 Å². The van der Waals surface area contributed by atoms with E-state index < -0.39 is 0 Å². The van der Waals surface area contributed by atoms with Gasteiger partial charge in [-0.25, -0.2) is 0 Å². The molecule has 1 aromatic rings. The van der Waals surface area contributed by atoms with Gasteiger partial charge in [0.05, 0.1) is 6.54 Å². The van der Waals surface area contributed by atoms with Crippen LogP contribution in [-0.4, -0.2) is 45.8 Å². The maximum absolute atomic E-state index is 4.25. The molecule has 1 aromatic heterocycles. The molecule has 1 aliphatic rings. The molecule has 90 valence electrons. The summed E-state index contributed by atoms with van der Waals surface area (Å²) in [4.78, 5) is 2.37. The van der Waals surface area contributed by atoms with E-state index in [2.05, 4.69) is 39.0 Å². The molecule has 0 unspecified atom stereocenters. The van der Waals surface area contributed by atoms with Crippen LogP contribution in [0.3, 0.4) is 0 Å². The molecule has 2 heterocycles. The van der Waals surface area contributed by atoms with Gasteiger partial charge in [-0.2, -0.15) is 0 Å². The first kappa shape index (κ1) is 11.5. The van der Waals surface area contributed by atoms with Crippen LogP contribution >= 0.6 is 0 Å². The first-order valence-corrected chi connectivity index (χ1v) is 6.02. The van der Waals surface area contributed by atoms with Gasteiger partial charge in [0.2, 0.25) is 0 Å². The fourth-order valence-electron chi connectivity index (χ4n) is 2.32. The molecular formula is C11H21N5. The van der Waals surface area contributed by atoms with Gasteiger partial charge in [0.25, 0.3) is 0 Å². The highest BCUT2D eigenvalue weighted by Crippen LogP contribution is 2.10. The SMILES string of the molecule is CCn1c(C)nnc1CN(C)[C@H]1CCNC1. The van der Waals surface area contributed by atoms with Crippen LogP contribution in [0.4, 0.5) is 0 Å². The summed E-state index contributed by atoms with van der Waals surface area (Å²) >= 11 is 0. The minimum absolute atomic E-state index is 0.641. The summed E-state index contributed by atoms with van der Waals surface area (Å²) in [7, 11) is 2.17. The van der Waals surface area contributed by atoms with Gasteiger partial charge in [0, 0.05) is 19.1 Å². The standard InChI is InChI=1S/C11H21N5/c1-4-16-9(2)13-14-11(16)8-15(3)10-5-6-12-7-10/h10,12H,4-8H2,1-3H3/t10-/m0/s1. The fourth-order valence-corrected chi connectivity index (χ4v) is 2.32. The zero-order valence-corrected chi connectivity index (χ0v) is 10.4. The zero-order chi connectivity index (χ0) is 11.5. The zero-order valence-electron chi connectivity index (χ0n) is 10.4. The molecule has 0 amide bonds. The van der Waals surface area contributed by atoms with E-state index in [9.17, 15) is 0 Å². The lowest BCUT2D eigenvalue weighted by Gasteiger charge is -2.22. The second-order valence-electron chi connectivity index (χ2n) is 4.47. The van der Waals surface area contributed by atoms with Crippen molar-refractivity contribution in [1.82, 2.24) is 25.0 Å². The highest BCUT2D eigenvalue weighted by atomic mass is 15.3. The lowest BCUT2D eigenvalue weighted by molar-refractivity contribution is 0.239. The Morgan fingerprint density at radius 2 is 2.31 bits per heavy atom. The number of hydrogen-bond donors (Lipinski definition) is 1. The van der Waals surface area contributed by atoms with Crippen molar-refractivity contribution in [3.05, 3.63) is 11.6 Å². The molecule has 0 radical (unpaired) electrons. The number of aryl methyl sites for hydroxylation is 1. The highest BCUT2D eigenvalue weighted by molar-refractivity contribution is 4.94. The number of likely N-dealkylation sites (N-methyl/N-ethyl adjacent to an activating group) is 1. The molecule has 1 saturated heterocycles. The molecule has 16 heavy (non-hydrogen) atoms. The number of rotatable bonds is 4. The first-order valence-electron chi connectivity index (χ1n) is 6.02. The normalized spacial score (nSPS) is 20.9. The number of nitrogens with one attached hydrogen (secondary N) is 1. The summed E-state index contributed by atoms with van der Waals surface area (Å²) in [5, 5.41) is 11.8. The number of nitrogens with zero attached hydrogens (tertiary/aromatic N) is 4.